The molecule has 8 nitrogen and oxygen atoms in total. The standard InChI is InChI=1S/C26H26F2IN5O3/c1-33-7-9-34(10-8-33)15-24(35)31-18-3-2-4-19(14-18)37-23-12-16(27)11-22(25(23)26(30)36)32-21-6-5-17(29)13-20(21)28/h2-6,11-14,32H,7-10,15H2,1H3,(H2,30,36)(H,31,35). The number of hydrogen-bond donors (Lipinski definition) is 3. The second-order valence-electron chi connectivity index (χ2n) is 8.70. The minimum Gasteiger partial charge on any atom is -0.456 e. The van der Waals surface area contributed by atoms with Gasteiger partial charge in [0, 0.05) is 47.6 Å². The number of nitrogens with zero attached hydrogens (tertiary/aromatic N) is 2. The van der Waals surface area contributed by atoms with E-state index in [1.807, 2.05) is 29.6 Å². The zero-order valence-electron chi connectivity index (χ0n) is 20.1. The molecule has 0 unspecified atom stereocenters. The molecule has 194 valence electrons. The largest absolute Gasteiger partial charge is 0.456 e. The number of carbonyl (C=O) groups excluding carboxylic acids is 2. The fraction of sp³-hybridized carbons (Fsp3) is 0.231. The maximum atomic E-state index is 14.5. The highest BCUT2D eigenvalue weighted by Gasteiger charge is 2.20. The van der Waals surface area contributed by atoms with Crippen molar-refractivity contribution in [1.29, 1.82) is 0 Å². The van der Waals surface area contributed by atoms with E-state index >= 15 is 0 Å². The third-order valence-corrected chi connectivity index (χ3v) is 6.49. The molecule has 4 rings (SSSR count). The second kappa shape index (κ2) is 11.8. The summed E-state index contributed by atoms with van der Waals surface area (Å²) in [5, 5.41) is 5.57. The van der Waals surface area contributed by atoms with Crippen LogP contribution in [-0.2, 0) is 4.79 Å². The molecule has 0 saturated carbocycles. The molecule has 1 fully saturated rings. The highest BCUT2D eigenvalue weighted by Crippen LogP contribution is 2.35. The first-order valence-corrected chi connectivity index (χ1v) is 12.6. The molecule has 4 N–H and O–H groups in total. The number of carbonyl (C=O) groups is 2. The van der Waals surface area contributed by atoms with E-state index in [0.29, 0.717) is 9.26 Å². The Bertz CT molecular complexity index is 1320. The van der Waals surface area contributed by atoms with Crippen LogP contribution in [0.1, 0.15) is 10.4 Å². The maximum absolute atomic E-state index is 14.5. The molecule has 1 aliphatic rings. The third kappa shape index (κ3) is 7.14. The third-order valence-electron chi connectivity index (χ3n) is 5.82. The number of amides is 2. The zero-order valence-corrected chi connectivity index (χ0v) is 22.2. The molecule has 2 amide bonds. The van der Waals surface area contributed by atoms with Gasteiger partial charge in [0.1, 0.15) is 28.7 Å². The number of halogens is 3. The van der Waals surface area contributed by atoms with Crippen molar-refractivity contribution in [1.82, 2.24) is 9.80 Å². The Balaban J connectivity index is 1.53. The van der Waals surface area contributed by atoms with Gasteiger partial charge in [0.05, 0.1) is 17.9 Å². The van der Waals surface area contributed by atoms with Crippen molar-refractivity contribution in [3.8, 4) is 11.5 Å². The Labute approximate surface area is 226 Å². The molecule has 0 bridgehead atoms. The summed E-state index contributed by atoms with van der Waals surface area (Å²) in [5.74, 6) is -2.26. The van der Waals surface area contributed by atoms with E-state index in [-0.39, 0.29) is 40.9 Å². The maximum Gasteiger partial charge on any atom is 0.254 e. The van der Waals surface area contributed by atoms with Crippen LogP contribution in [0.4, 0.5) is 25.8 Å². The van der Waals surface area contributed by atoms with E-state index in [2.05, 4.69) is 20.4 Å². The summed E-state index contributed by atoms with van der Waals surface area (Å²) in [6, 6.07) is 13.0. The van der Waals surface area contributed by atoms with Gasteiger partial charge in [-0.1, -0.05) is 6.07 Å². The number of likely N-dealkylation sites (N-methyl/N-ethyl adjacent to an activating group) is 1. The van der Waals surface area contributed by atoms with Crippen molar-refractivity contribution in [2.24, 2.45) is 5.73 Å². The summed E-state index contributed by atoms with van der Waals surface area (Å²) in [4.78, 5) is 29.1. The normalized spacial score (nSPS) is 14.3. The van der Waals surface area contributed by atoms with Gasteiger partial charge in [0.25, 0.3) is 5.91 Å². The van der Waals surface area contributed by atoms with E-state index in [0.717, 1.165) is 38.3 Å². The number of anilines is 3. The lowest BCUT2D eigenvalue weighted by Gasteiger charge is -2.31. The van der Waals surface area contributed by atoms with Gasteiger partial charge in [-0.25, -0.2) is 8.78 Å². The molecule has 0 aliphatic carbocycles. The lowest BCUT2D eigenvalue weighted by molar-refractivity contribution is -0.117. The van der Waals surface area contributed by atoms with Crippen LogP contribution < -0.4 is 21.1 Å². The highest BCUT2D eigenvalue weighted by atomic mass is 127. The van der Waals surface area contributed by atoms with Gasteiger partial charge in [-0.3, -0.25) is 14.5 Å². The minimum atomic E-state index is -0.889. The van der Waals surface area contributed by atoms with Crippen LogP contribution in [0, 0.1) is 15.2 Å². The number of rotatable bonds is 8. The zero-order chi connectivity index (χ0) is 26.5. The molecule has 0 spiro atoms. The summed E-state index contributed by atoms with van der Waals surface area (Å²) in [6.45, 7) is 3.69. The predicted molar refractivity (Wildman–Crippen MR) is 146 cm³/mol. The number of nitrogens with two attached hydrogens (primary N) is 1. The van der Waals surface area contributed by atoms with Crippen LogP contribution in [0.15, 0.2) is 54.6 Å². The van der Waals surface area contributed by atoms with Gasteiger partial charge in [0.2, 0.25) is 5.91 Å². The van der Waals surface area contributed by atoms with Gasteiger partial charge in [-0.15, -0.1) is 0 Å². The van der Waals surface area contributed by atoms with Crippen molar-refractivity contribution in [3.63, 3.8) is 0 Å². The van der Waals surface area contributed by atoms with Gasteiger partial charge in [-0.05, 0) is 66.0 Å². The van der Waals surface area contributed by atoms with Gasteiger partial charge < -0.3 is 26.0 Å². The van der Waals surface area contributed by atoms with Crippen molar-refractivity contribution in [3.05, 3.63) is 75.4 Å². The Kier molecular flexibility index (Phi) is 8.56. The van der Waals surface area contributed by atoms with Crippen LogP contribution in [0.25, 0.3) is 0 Å². The van der Waals surface area contributed by atoms with Crippen LogP contribution in [0.3, 0.4) is 0 Å². The van der Waals surface area contributed by atoms with Crippen LogP contribution in [0.5, 0.6) is 11.5 Å². The fourth-order valence-corrected chi connectivity index (χ4v) is 4.38. The van der Waals surface area contributed by atoms with Gasteiger partial charge in [-0.2, -0.15) is 0 Å². The number of nitrogens with one attached hydrogen (secondary N) is 2. The molecular weight excluding hydrogens is 595 g/mol. The van der Waals surface area contributed by atoms with E-state index in [1.165, 1.54) is 12.1 Å². The minimum absolute atomic E-state index is 0.0424. The Hall–Kier alpha value is -3.29. The first kappa shape index (κ1) is 26.8. The smallest absolute Gasteiger partial charge is 0.254 e. The predicted octanol–water partition coefficient (Wildman–Crippen LogP) is 4.39. The van der Waals surface area contributed by atoms with Crippen LogP contribution in [-0.4, -0.2) is 61.4 Å². The average molecular weight is 621 g/mol. The lowest BCUT2D eigenvalue weighted by Crippen LogP contribution is -2.47. The summed E-state index contributed by atoms with van der Waals surface area (Å²) in [5.41, 5.74) is 5.92. The molecule has 1 aliphatic heterocycles. The number of ether oxygens (including phenoxy) is 1. The van der Waals surface area contributed by atoms with Crippen LogP contribution in [0.2, 0.25) is 0 Å². The summed E-state index contributed by atoms with van der Waals surface area (Å²) in [7, 11) is 2.05. The molecule has 0 atom stereocenters. The molecule has 3 aromatic rings. The van der Waals surface area contributed by atoms with E-state index in [4.69, 9.17) is 10.5 Å². The highest BCUT2D eigenvalue weighted by molar-refractivity contribution is 14.1. The lowest BCUT2D eigenvalue weighted by atomic mass is 10.1. The van der Waals surface area contributed by atoms with Crippen LogP contribution >= 0.6 is 22.6 Å². The summed E-state index contributed by atoms with van der Waals surface area (Å²) < 4.78 is 35.4. The number of primary amides is 1. The quantitative estimate of drug-likeness (QED) is 0.323. The monoisotopic (exact) mass is 621 g/mol. The molecule has 37 heavy (non-hydrogen) atoms. The molecule has 11 heteroatoms. The average Bonchev–Trinajstić information content (AvgIpc) is 2.82. The van der Waals surface area contributed by atoms with Gasteiger partial charge >= 0.3 is 0 Å². The van der Waals surface area contributed by atoms with Crippen molar-refractivity contribution in [2.75, 3.05) is 50.4 Å². The first-order chi connectivity index (χ1) is 17.7. The SMILES string of the molecule is CN1CCN(CC(=O)Nc2cccc(Oc3cc(F)cc(Nc4ccc(I)cc4F)c3C(N)=O)c2)CC1. The van der Waals surface area contributed by atoms with Gasteiger partial charge in [0.15, 0.2) is 0 Å². The number of benzene rings is 3. The van der Waals surface area contributed by atoms with E-state index in [1.54, 1.807) is 30.3 Å². The van der Waals surface area contributed by atoms with E-state index < -0.39 is 17.5 Å². The Morgan fingerprint density at radius 2 is 1.78 bits per heavy atom. The summed E-state index contributed by atoms with van der Waals surface area (Å²) in [6.07, 6.45) is 0. The topological polar surface area (TPSA) is 99.9 Å². The molecule has 3 aromatic carbocycles. The molecule has 1 saturated heterocycles. The van der Waals surface area contributed by atoms with Crippen molar-refractivity contribution >= 4 is 51.5 Å². The molecular formula is C26H26F2IN5O3. The van der Waals surface area contributed by atoms with Crippen molar-refractivity contribution in [2.45, 2.75) is 0 Å². The Morgan fingerprint density at radius 3 is 2.49 bits per heavy atom. The van der Waals surface area contributed by atoms with E-state index in [9.17, 15) is 18.4 Å². The number of piperazine rings is 1. The Morgan fingerprint density at radius 1 is 1.03 bits per heavy atom. The molecule has 0 radical (unpaired) electrons. The fourth-order valence-electron chi connectivity index (χ4n) is 3.92. The van der Waals surface area contributed by atoms with Crippen molar-refractivity contribution < 1.29 is 23.1 Å². The second-order valence-corrected chi connectivity index (χ2v) is 9.94. The molecule has 0 aromatic heterocycles. The first-order valence-electron chi connectivity index (χ1n) is 11.5. The number of hydrogen-bond acceptors (Lipinski definition) is 6. The molecule has 1 heterocycles. The summed E-state index contributed by atoms with van der Waals surface area (Å²) >= 11 is 1.97.